The highest BCUT2D eigenvalue weighted by atomic mass is 16.2. The molecule has 0 aliphatic heterocycles. The van der Waals surface area contributed by atoms with Gasteiger partial charge in [0.1, 0.15) is 0 Å². The number of nitrogens with zero attached hydrogens (tertiary/aromatic N) is 2. The van der Waals surface area contributed by atoms with Crippen LogP contribution >= 0.6 is 0 Å². The number of benzene rings is 2. The first kappa shape index (κ1) is 25.0. The molecule has 3 rings (SSSR count). The van der Waals surface area contributed by atoms with Gasteiger partial charge in [0.2, 0.25) is 11.8 Å². The first-order chi connectivity index (χ1) is 15.8. The maximum absolute atomic E-state index is 12.5. The molecule has 1 fully saturated rings. The Kier molecular flexibility index (Phi) is 8.67. The zero-order valence-corrected chi connectivity index (χ0v) is 20.6. The van der Waals surface area contributed by atoms with Gasteiger partial charge in [-0.05, 0) is 64.3 Å². The molecule has 33 heavy (non-hydrogen) atoms. The second-order valence-electron chi connectivity index (χ2n) is 9.86. The summed E-state index contributed by atoms with van der Waals surface area (Å²) in [6.07, 6.45) is 5.57. The van der Waals surface area contributed by atoms with E-state index in [0.717, 1.165) is 37.7 Å². The van der Waals surface area contributed by atoms with Gasteiger partial charge in [-0.3, -0.25) is 9.59 Å². The molecule has 2 aromatic rings. The van der Waals surface area contributed by atoms with Crippen molar-refractivity contribution >= 4 is 11.8 Å². The van der Waals surface area contributed by atoms with Crippen LogP contribution in [-0.2, 0) is 22.6 Å². The molecule has 5 nitrogen and oxygen atoms in total. The van der Waals surface area contributed by atoms with Crippen LogP contribution in [0.3, 0.4) is 0 Å². The number of hydrogen-bond acceptors (Lipinski definition) is 3. The van der Waals surface area contributed by atoms with Crippen LogP contribution in [-0.4, -0.2) is 54.3 Å². The molecule has 2 amide bonds. The number of likely N-dealkylation sites (N-methyl/N-ethyl adjacent to an activating group) is 1. The van der Waals surface area contributed by atoms with E-state index >= 15 is 0 Å². The van der Waals surface area contributed by atoms with Crippen molar-refractivity contribution in [2.24, 2.45) is 0 Å². The van der Waals surface area contributed by atoms with E-state index in [4.69, 9.17) is 0 Å². The summed E-state index contributed by atoms with van der Waals surface area (Å²) < 4.78 is 0. The molecule has 1 saturated carbocycles. The zero-order chi connectivity index (χ0) is 23.8. The van der Waals surface area contributed by atoms with Crippen molar-refractivity contribution in [1.82, 2.24) is 15.1 Å². The van der Waals surface area contributed by atoms with Gasteiger partial charge in [0.05, 0.1) is 0 Å². The molecule has 0 saturated heterocycles. The van der Waals surface area contributed by atoms with Crippen LogP contribution in [0.1, 0.15) is 55.2 Å². The molecule has 0 unspecified atom stereocenters. The summed E-state index contributed by atoms with van der Waals surface area (Å²) in [6, 6.07) is 18.9. The van der Waals surface area contributed by atoms with Gasteiger partial charge in [0.15, 0.2) is 0 Å². The number of aryl methyl sites for hydroxylation is 1. The van der Waals surface area contributed by atoms with Crippen molar-refractivity contribution in [3.8, 4) is 0 Å². The van der Waals surface area contributed by atoms with Gasteiger partial charge in [-0.2, -0.15) is 0 Å². The molecule has 0 spiro atoms. The third-order valence-electron chi connectivity index (χ3n) is 7.10. The van der Waals surface area contributed by atoms with Crippen molar-refractivity contribution in [2.75, 3.05) is 21.1 Å². The predicted octanol–water partition coefficient (Wildman–Crippen LogP) is 4.34. The summed E-state index contributed by atoms with van der Waals surface area (Å²) in [4.78, 5) is 29.0. The van der Waals surface area contributed by atoms with E-state index < -0.39 is 0 Å². The van der Waals surface area contributed by atoms with E-state index in [0.29, 0.717) is 6.54 Å². The molecule has 2 aromatic carbocycles. The second kappa shape index (κ2) is 11.5. The summed E-state index contributed by atoms with van der Waals surface area (Å²) in [5.41, 5.74) is 3.90. The molecule has 0 atom stereocenters. The maximum Gasteiger partial charge on any atom is 0.223 e. The first-order valence-electron chi connectivity index (χ1n) is 12.1. The summed E-state index contributed by atoms with van der Waals surface area (Å²) in [5.74, 6) is -0.0140. The number of carbonyl (C=O) groups is 2. The molecule has 178 valence electrons. The lowest BCUT2D eigenvalue weighted by Gasteiger charge is -2.45. The summed E-state index contributed by atoms with van der Waals surface area (Å²) in [7, 11) is 6.14. The van der Waals surface area contributed by atoms with Crippen molar-refractivity contribution in [2.45, 2.75) is 70.0 Å². The Bertz CT molecular complexity index is 918. The highest BCUT2D eigenvalue weighted by Gasteiger charge is 2.37. The number of carbonyl (C=O) groups excluding carboxylic acids is 2. The van der Waals surface area contributed by atoms with E-state index in [-0.39, 0.29) is 36.2 Å². The molecule has 1 N–H and O–H groups in total. The second-order valence-corrected chi connectivity index (χ2v) is 9.86. The molecule has 0 heterocycles. The number of hydrogen-bond donors (Lipinski definition) is 1. The van der Waals surface area contributed by atoms with Gasteiger partial charge in [0, 0.05) is 38.0 Å². The third kappa shape index (κ3) is 7.16. The number of nitrogens with one attached hydrogen (secondary N) is 1. The molecule has 0 aromatic heterocycles. The van der Waals surface area contributed by atoms with Crippen LogP contribution < -0.4 is 5.32 Å². The number of rotatable bonds is 9. The van der Waals surface area contributed by atoms with E-state index in [1.807, 2.05) is 30.3 Å². The Balaban J connectivity index is 1.44. The highest BCUT2D eigenvalue weighted by Crippen LogP contribution is 2.35. The largest absolute Gasteiger partial charge is 0.353 e. The predicted molar refractivity (Wildman–Crippen MR) is 134 cm³/mol. The van der Waals surface area contributed by atoms with Crippen molar-refractivity contribution in [3.63, 3.8) is 0 Å². The quantitative estimate of drug-likeness (QED) is 0.620. The fourth-order valence-electron chi connectivity index (χ4n) is 4.94. The van der Waals surface area contributed by atoms with Crippen LogP contribution in [0.25, 0.3) is 0 Å². The number of amides is 2. The molecular weight excluding hydrogens is 410 g/mol. The minimum Gasteiger partial charge on any atom is -0.353 e. The van der Waals surface area contributed by atoms with Crippen LogP contribution in [0.15, 0.2) is 54.6 Å². The smallest absolute Gasteiger partial charge is 0.223 e. The Morgan fingerprint density at radius 3 is 2.24 bits per heavy atom. The van der Waals surface area contributed by atoms with Crippen LogP contribution in [0.5, 0.6) is 0 Å². The monoisotopic (exact) mass is 449 g/mol. The van der Waals surface area contributed by atoms with Crippen molar-refractivity contribution < 1.29 is 9.59 Å². The van der Waals surface area contributed by atoms with Gasteiger partial charge >= 0.3 is 0 Å². The summed E-state index contributed by atoms with van der Waals surface area (Å²) >= 11 is 0. The average molecular weight is 450 g/mol. The van der Waals surface area contributed by atoms with Gasteiger partial charge in [-0.1, -0.05) is 60.2 Å². The van der Waals surface area contributed by atoms with E-state index in [1.54, 1.807) is 11.9 Å². The van der Waals surface area contributed by atoms with E-state index in [1.165, 1.54) is 11.1 Å². The molecular formula is C28H39N3O2. The first-order valence-corrected chi connectivity index (χ1v) is 12.1. The van der Waals surface area contributed by atoms with Gasteiger partial charge in [-0.25, -0.2) is 0 Å². The molecule has 0 radical (unpaired) electrons. The van der Waals surface area contributed by atoms with E-state index in [9.17, 15) is 9.59 Å². The summed E-state index contributed by atoms with van der Waals surface area (Å²) in [5, 5.41) is 3.18. The van der Waals surface area contributed by atoms with Crippen molar-refractivity contribution in [3.05, 3.63) is 71.3 Å². The molecule has 5 heteroatoms. The minimum absolute atomic E-state index is 0.00225. The van der Waals surface area contributed by atoms with Crippen molar-refractivity contribution in [1.29, 1.82) is 0 Å². The van der Waals surface area contributed by atoms with Gasteiger partial charge in [-0.15, -0.1) is 0 Å². The lowest BCUT2D eigenvalue weighted by Crippen LogP contribution is -2.52. The fraction of sp³-hybridized carbons (Fsp3) is 0.500. The van der Waals surface area contributed by atoms with Gasteiger partial charge in [0.25, 0.3) is 0 Å². The minimum atomic E-state index is -0.0162. The Morgan fingerprint density at radius 2 is 1.61 bits per heavy atom. The lowest BCUT2D eigenvalue weighted by atomic mass is 9.74. The summed E-state index contributed by atoms with van der Waals surface area (Å²) in [6.45, 7) is 2.71. The molecule has 1 aliphatic rings. The molecule has 1 aliphatic carbocycles. The Morgan fingerprint density at radius 1 is 0.939 bits per heavy atom. The fourth-order valence-corrected chi connectivity index (χ4v) is 4.94. The van der Waals surface area contributed by atoms with Gasteiger partial charge < -0.3 is 15.1 Å². The molecule has 0 bridgehead atoms. The Labute approximate surface area is 199 Å². The normalized spacial score (nSPS) is 20.5. The highest BCUT2D eigenvalue weighted by molar-refractivity contribution is 5.83. The maximum atomic E-state index is 12.5. The third-order valence-corrected chi connectivity index (χ3v) is 7.10. The van der Waals surface area contributed by atoms with Crippen LogP contribution in [0.2, 0.25) is 0 Å². The van der Waals surface area contributed by atoms with Crippen LogP contribution in [0.4, 0.5) is 0 Å². The Hall–Kier alpha value is -2.66. The van der Waals surface area contributed by atoms with Crippen LogP contribution in [0, 0.1) is 6.92 Å². The lowest BCUT2D eigenvalue weighted by molar-refractivity contribution is -0.133. The standard InChI is InChI=1S/C28H39N3O2/c1-22-9-8-12-24(19-22)20-28(30(2)3)17-15-25(16-18-28)29-26(32)13-14-27(33)31(4)21-23-10-6-5-7-11-23/h5-12,19,25H,13-18,20-21H2,1-4H3,(H,29,32). The SMILES string of the molecule is Cc1cccc(CC2(N(C)C)CCC(NC(=O)CCC(=O)N(C)Cc3ccccc3)CC2)c1. The average Bonchev–Trinajstić information content (AvgIpc) is 2.79. The zero-order valence-electron chi connectivity index (χ0n) is 20.6. The van der Waals surface area contributed by atoms with E-state index in [2.05, 4.69) is 55.5 Å². The topological polar surface area (TPSA) is 52.7 Å².